The summed E-state index contributed by atoms with van der Waals surface area (Å²) in [6.45, 7) is 0.349. The molecule has 1 saturated carbocycles. The zero-order chi connectivity index (χ0) is 12.2. The smallest absolute Gasteiger partial charge is 0.341 e. The Balaban J connectivity index is 2.39. The van der Waals surface area contributed by atoms with E-state index >= 15 is 0 Å². The fraction of sp³-hybridized carbons (Fsp3) is 0.900. The molecule has 1 N–H and O–H groups in total. The lowest BCUT2D eigenvalue weighted by molar-refractivity contribution is -0.145. The summed E-state index contributed by atoms with van der Waals surface area (Å²) >= 11 is 0. The Kier molecular flexibility index (Phi) is 4.58. The Bertz CT molecular complexity index is 239. The van der Waals surface area contributed by atoms with Crippen molar-refractivity contribution in [3.05, 3.63) is 0 Å². The van der Waals surface area contributed by atoms with Crippen LogP contribution >= 0.6 is 0 Å². The summed E-state index contributed by atoms with van der Waals surface area (Å²) < 4.78 is 36.2. The van der Waals surface area contributed by atoms with Crippen molar-refractivity contribution in [2.45, 2.75) is 25.4 Å². The predicted octanol–water partition coefficient (Wildman–Crippen LogP) is 1.40. The number of carbonyl (C=O) groups excluding carboxylic acids is 1. The van der Waals surface area contributed by atoms with Gasteiger partial charge in [-0.25, -0.2) is 0 Å². The second-order valence-corrected chi connectivity index (χ2v) is 4.18. The van der Waals surface area contributed by atoms with Crippen molar-refractivity contribution in [2.75, 3.05) is 26.7 Å². The number of rotatable bonds is 6. The Morgan fingerprint density at radius 3 is 2.50 bits per heavy atom. The maximum atomic E-state index is 12.1. The number of alkyl halides is 3. The molecule has 1 aliphatic carbocycles. The van der Waals surface area contributed by atoms with E-state index in [0.717, 1.165) is 12.8 Å². The molecule has 3 nitrogen and oxygen atoms in total. The highest BCUT2D eigenvalue weighted by molar-refractivity contribution is 5.78. The van der Waals surface area contributed by atoms with Crippen LogP contribution < -0.4 is 5.32 Å². The molecule has 0 atom stereocenters. The maximum Gasteiger partial charge on any atom is 0.390 e. The van der Waals surface area contributed by atoms with Gasteiger partial charge in [0.15, 0.2) is 0 Å². The molecular formula is C10H17F3N2O. The van der Waals surface area contributed by atoms with Gasteiger partial charge in [0, 0.05) is 13.1 Å². The molecule has 0 radical (unpaired) electrons. The summed E-state index contributed by atoms with van der Waals surface area (Å²) in [7, 11) is 1.61. The fourth-order valence-corrected chi connectivity index (χ4v) is 1.45. The molecule has 0 aliphatic heterocycles. The maximum absolute atomic E-state index is 12.1. The normalized spacial score (nSPS) is 16.2. The first-order valence-corrected chi connectivity index (χ1v) is 5.41. The van der Waals surface area contributed by atoms with Crippen molar-refractivity contribution in [3.8, 4) is 0 Å². The standard InChI is InChI=1S/C10H17F3N2O/c1-14-6-9(16)15(7-8-2-3-8)5-4-10(11,12)13/h8,14H,2-7H2,1H3. The average Bonchev–Trinajstić information content (AvgIpc) is 2.94. The van der Waals surface area contributed by atoms with Gasteiger partial charge in [0.2, 0.25) is 5.91 Å². The molecule has 94 valence electrons. The number of amides is 1. The SMILES string of the molecule is CNCC(=O)N(CCC(F)(F)F)CC1CC1. The molecule has 0 aromatic carbocycles. The van der Waals surface area contributed by atoms with Gasteiger partial charge in [0.1, 0.15) is 0 Å². The van der Waals surface area contributed by atoms with Gasteiger partial charge in [0.25, 0.3) is 0 Å². The van der Waals surface area contributed by atoms with E-state index in [1.165, 1.54) is 4.90 Å². The quantitative estimate of drug-likeness (QED) is 0.758. The van der Waals surface area contributed by atoms with Gasteiger partial charge < -0.3 is 10.2 Å². The van der Waals surface area contributed by atoms with Gasteiger partial charge in [-0.15, -0.1) is 0 Å². The third-order valence-electron chi connectivity index (χ3n) is 2.52. The first-order valence-electron chi connectivity index (χ1n) is 5.41. The molecule has 1 fully saturated rings. The largest absolute Gasteiger partial charge is 0.390 e. The minimum atomic E-state index is -4.19. The summed E-state index contributed by atoms with van der Waals surface area (Å²) in [5.41, 5.74) is 0. The Hall–Kier alpha value is -0.780. The number of nitrogens with zero attached hydrogens (tertiary/aromatic N) is 1. The monoisotopic (exact) mass is 238 g/mol. The van der Waals surface area contributed by atoms with Crippen LogP contribution in [0.3, 0.4) is 0 Å². The fourth-order valence-electron chi connectivity index (χ4n) is 1.45. The highest BCUT2D eigenvalue weighted by Gasteiger charge is 2.31. The summed E-state index contributed by atoms with van der Waals surface area (Å²) in [5, 5.41) is 2.67. The van der Waals surface area contributed by atoms with E-state index < -0.39 is 12.6 Å². The first kappa shape index (κ1) is 13.3. The van der Waals surface area contributed by atoms with E-state index in [0.29, 0.717) is 12.5 Å². The Morgan fingerprint density at radius 1 is 1.44 bits per heavy atom. The van der Waals surface area contributed by atoms with Crippen LogP contribution in [0.2, 0.25) is 0 Å². The molecule has 0 bridgehead atoms. The number of nitrogens with one attached hydrogen (secondary N) is 1. The van der Waals surface area contributed by atoms with E-state index in [2.05, 4.69) is 5.32 Å². The van der Waals surface area contributed by atoms with E-state index in [1.807, 2.05) is 0 Å². The van der Waals surface area contributed by atoms with Gasteiger partial charge in [-0.2, -0.15) is 13.2 Å². The van der Waals surface area contributed by atoms with Crippen LogP contribution in [-0.2, 0) is 4.79 Å². The zero-order valence-electron chi connectivity index (χ0n) is 9.31. The van der Waals surface area contributed by atoms with Crippen molar-refractivity contribution in [3.63, 3.8) is 0 Å². The van der Waals surface area contributed by atoms with Crippen LogP contribution in [-0.4, -0.2) is 43.7 Å². The number of likely N-dealkylation sites (N-methyl/N-ethyl adjacent to an activating group) is 1. The number of halogens is 3. The summed E-state index contributed by atoms with van der Waals surface area (Å²) in [4.78, 5) is 12.8. The minimum Gasteiger partial charge on any atom is -0.341 e. The third kappa shape index (κ3) is 5.34. The molecule has 6 heteroatoms. The van der Waals surface area contributed by atoms with Crippen molar-refractivity contribution in [1.82, 2.24) is 10.2 Å². The molecule has 0 aromatic heterocycles. The minimum absolute atomic E-state index is 0.102. The number of carbonyl (C=O) groups is 1. The molecular weight excluding hydrogens is 221 g/mol. The Morgan fingerprint density at radius 2 is 2.06 bits per heavy atom. The van der Waals surface area contributed by atoms with Gasteiger partial charge in [0.05, 0.1) is 13.0 Å². The van der Waals surface area contributed by atoms with Crippen LogP contribution in [0.1, 0.15) is 19.3 Å². The van der Waals surface area contributed by atoms with Crippen molar-refractivity contribution in [1.29, 1.82) is 0 Å². The van der Waals surface area contributed by atoms with Gasteiger partial charge in [-0.3, -0.25) is 4.79 Å². The van der Waals surface area contributed by atoms with Crippen LogP contribution in [0, 0.1) is 5.92 Å². The molecule has 0 saturated heterocycles. The summed E-state index contributed by atoms with van der Waals surface area (Å²) in [6, 6.07) is 0. The van der Waals surface area contributed by atoms with Crippen LogP contribution in [0.25, 0.3) is 0 Å². The van der Waals surface area contributed by atoms with Gasteiger partial charge in [-0.05, 0) is 25.8 Å². The highest BCUT2D eigenvalue weighted by Crippen LogP contribution is 2.30. The second kappa shape index (κ2) is 5.52. The molecule has 1 aliphatic rings. The van der Waals surface area contributed by atoms with E-state index in [4.69, 9.17) is 0 Å². The zero-order valence-corrected chi connectivity index (χ0v) is 9.31. The summed E-state index contributed by atoms with van der Waals surface area (Å²) in [5.74, 6) is 0.160. The molecule has 0 unspecified atom stereocenters. The third-order valence-corrected chi connectivity index (χ3v) is 2.52. The molecule has 0 heterocycles. The first-order chi connectivity index (χ1) is 7.42. The van der Waals surface area contributed by atoms with Crippen molar-refractivity contribution < 1.29 is 18.0 Å². The van der Waals surface area contributed by atoms with Crippen LogP contribution in [0.5, 0.6) is 0 Å². The highest BCUT2D eigenvalue weighted by atomic mass is 19.4. The van der Waals surface area contributed by atoms with Gasteiger partial charge in [-0.1, -0.05) is 0 Å². The van der Waals surface area contributed by atoms with Crippen LogP contribution in [0.4, 0.5) is 13.2 Å². The predicted molar refractivity (Wildman–Crippen MR) is 53.9 cm³/mol. The topological polar surface area (TPSA) is 32.3 Å². The van der Waals surface area contributed by atoms with E-state index in [9.17, 15) is 18.0 Å². The Labute approximate surface area is 93.0 Å². The lowest BCUT2D eigenvalue weighted by atomic mass is 10.3. The van der Waals surface area contributed by atoms with Crippen molar-refractivity contribution in [2.24, 2.45) is 5.92 Å². The molecule has 1 rings (SSSR count). The van der Waals surface area contributed by atoms with Crippen molar-refractivity contribution >= 4 is 5.91 Å². The average molecular weight is 238 g/mol. The van der Waals surface area contributed by atoms with E-state index in [1.54, 1.807) is 7.05 Å². The molecule has 1 amide bonds. The lowest BCUT2D eigenvalue weighted by Crippen LogP contribution is -2.40. The number of hydrogen-bond acceptors (Lipinski definition) is 2. The molecule has 0 spiro atoms. The van der Waals surface area contributed by atoms with Gasteiger partial charge >= 0.3 is 6.18 Å². The lowest BCUT2D eigenvalue weighted by Gasteiger charge is -2.23. The van der Waals surface area contributed by atoms with E-state index in [-0.39, 0.29) is 19.0 Å². The number of hydrogen-bond donors (Lipinski definition) is 1. The second-order valence-electron chi connectivity index (χ2n) is 4.18. The molecule has 0 aromatic rings. The molecule has 16 heavy (non-hydrogen) atoms. The van der Waals surface area contributed by atoms with Crippen LogP contribution in [0.15, 0.2) is 0 Å². The summed E-state index contributed by atoms with van der Waals surface area (Å²) in [6.07, 6.45) is -3.07.